The molecule has 10 aromatic rings. The molecule has 258 valence electrons. The molecule has 1 heterocycles. The smallest absolute Gasteiger partial charge is 0.145 e. The Morgan fingerprint density at radius 3 is 1.25 bits per heavy atom. The zero-order chi connectivity index (χ0) is 36.6. The summed E-state index contributed by atoms with van der Waals surface area (Å²) in [4.78, 5) is 5.12. The molecule has 0 fully saturated rings. The van der Waals surface area contributed by atoms with E-state index in [1.54, 1.807) is 0 Å². The number of nitrogens with zero attached hydrogens (tertiary/aromatic N) is 2. The molecule has 0 N–H and O–H groups in total. The van der Waals surface area contributed by atoms with Crippen LogP contribution in [0.2, 0.25) is 0 Å². The van der Waals surface area contributed by atoms with E-state index in [2.05, 4.69) is 223 Å². The minimum Gasteiger partial charge on any atom is -0.292 e. The average Bonchev–Trinajstić information content (AvgIpc) is 3.67. The minimum absolute atomic E-state index is 0.928. The second kappa shape index (κ2) is 13.9. The normalized spacial score (nSPS) is 11.3. The highest BCUT2D eigenvalue weighted by Gasteiger charge is 2.24. The molecule has 2 nitrogen and oxygen atoms in total. The van der Waals surface area contributed by atoms with Crippen LogP contribution in [0.5, 0.6) is 0 Å². The van der Waals surface area contributed by atoms with Crippen LogP contribution in [0.4, 0.5) is 0 Å². The van der Waals surface area contributed by atoms with Gasteiger partial charge in [0.25, 0.3) is 0 Å². The highest BCUT2D eigenvalue weighted by Crippen LogP contribution is 2.51. The molecule has 1 aromatic heterocycles. The van der Waals surface area contributed by atoms with E-state index in [4.69, 9.17) is 4.98 Å². The lowest BCUT2D eigenvalue weighted by Crippen LogP contribution is -1.98. The van der Waals surface area contributed by atoms with Crippen molar-refractivity contribution in [2.75, 3.05) is 0 Å². The summed E-state index contributed by atoms with van der Waals surface area (Å²) in [6.07, 6.45) is 0. The third kappa shape index (κ3) is 5.82. The van der Waals surface area contributed by atoms with E-state index in [9.17, 15) is 0 Å². The van der Waals surface area contributed by atoms with E-state index < -0.39 is 0 Å². The molecule has 2 heteroatoms. The predicted octanol–water partition coefficient (Wildman–Crippen LogP) is 14.2. The van der Waals surface area contributed by atoms with E-state index in [0.717, 1.165) is 33.7 Å². The Bertz CT molecular complexity index is 2910. The Labute approximate surface area is 321 Å². The summed E-state index contributed by atoms with van der Waals surface area (Å²) >= 11 is 0. The largest absolute Gasteiger partial charge is 0.292 e. The van der Waals surface area contributed by atoms with Crippen molar-refractivity contribution < 1.29 is 0 Å². The lowest BCUT2D eigenvalue weighted by Gasteiger charge is -2.24. The number of benzene rings is 9. The Hall–Kier alpha value is -7.29. The zero-order valence-electron chi connectivity index (χ0n) is 30.2. The van der Waals surface area contributed by atoms with Gasteiger partial charge >= 0.3 is 0 Å². The first-order valence-corrected chi connectivity index (χ1v) is 18.8. The summed E-state index contributed by atoms with van der Waals surface area (Å²) in [6, 6.07) is 78.3. The SMILES string of the molecule is c1ccc(-c2c(-c3ccccc3)c(-c3ccccc3)c3cc(-c4ccc(-c5nc6ccccc6n5-c5ccccc5)cc4)ccc3c2-c2ccccc2)cc1. The highest BCUT2D eigenvalue weighted by atomic mass is 15.1. The average molecular weight is 701 g/mol. The molecule has 9 aromatic carbocycles. The van der Waals surface area contributed by atoms with Crippen molar-refractivity contribution in [2.45, 2.75) is 0 Å². The maximum Gasteiger partial charge on any atom is 0.145 e. The molecule has 0 unspecified atom stereocenters. The van der Waals surface area contributed by atoms with Crippen molar-refractivity contribution in [2.24, 2.45) is 0 Å². The summed E-state index contributed by atoms with van der Waals surface area (Å²) in [6.45, 7) is 0. The van der Waals surface area contributed by atoms with Crippen LogP contribution in [-0.4, -0.2) is 9.55 Å². The van der Waals surface area contributed by atoms with E-state index in [1.807, 2.05) is 0 Å². The van der Waals surface area contributed by atoms with Gasteiger partial charge < -0.3 is 0 Å². The fourth-order valence-corrected chi connectivity index (χ4v) is 8.13. The van der Waals surface area contributed by atoms with Crippen molar-refractivity contribution in [3.8, 4) is 72.7 Å². The summed E-state index contributed by atoms with van der Waals surface area (Å²) in [7, 11) is 0. The Kier molecular flexibility index (Phi) is 8.20. The van der Waals surface area contributed by atoms with Crippen molar-refractivity contribution in [3.05, 3.63) is 218 Å². The Morgan fingerprint density at radius 1 is 0.291 bits per heavy atom. The molecular weight excluding hydrogens is 665 g/mol. The van der Waals surface area contributed by atoms with Gasteiger partial charge in [-0.2, -0.15) is 0 Å². The molecule has 0 spiro atoms. The second-order valence-corrected chi connectivity index (χ2v) is 13.9. The van der Waals surface area contributed by atoms with Crippen LogP contribution < -0.4 is 0 Å². The quantitative estimate of drug-likeness (QED) is 0.162. The van der Waals surface area contributed by atoms with Gasteiger partial charge in [0.15, 0.2) is 0 Å². The molecule has 0 radical (unpaired) electrons. The van der Waals surface area contributed by atoms with Gasteiger partial charge in [-0.3, -0.25) is 4.57 Å². The van der Waals surface area contributed by atoms with E-state index in [0.29, 0.717) is 0 Å². The number of hydrogen-bond donors (Lipinski definition) is 0. The molecule has 0 saturated carbocycles. The lowest BCUT2D eigenvalue weighted by molar-refractivity contribution is 1.10. The second-order valence-electron chi connectivity index (χ2n) is 13.9. The minimum atomic E-state index is 0.928. The first-order chi connectivity index (χ1) is 27.3. The van der Waals surface area contributed by atoms with Crippen LogP contribution in [-0.2, 0) is 0 Å². The van der Waals surface area contributed by atoms with Crippen molar-refractivity contribution >= 4 is 21.8 Å². The van der Waals surface area contributed by atoms with Crippen molar-refractivity contribution in [1.82, 2.24) is 9.55 Å². The Morgan fingerprint density at radius 2 is 0.709 bits per heavy atom. The van der Waals surface area contributed by atoms with Crippen LogP contribution in [0.15, 0.2) is 218 Å². The molecule has 0 saturated heterocycles. The summed E-state index contributed by atoms with van der Waals surface area (Å²) in [5.41, 5.74) is 16.3. The van der Waals surface area contributed by atoms with Gasteiger partial charge in [0.2, 0.25) is 0 Å². The fourth-order valence-electron chi connectivity index (χ4n) is 8.13. The van der Waals surface area contributed by atoms with Gasteiger partial charge in [0.05, 0.1) is 11.0 Å². The molecule has 0 aliphatic heterocycles. The first kappa shape index (κ1) is 32.4. The van der Waals surface area contributed by atoms with Crippen LogP contribution in [0.1, 0.15) is 0 Å². The lowest BCUT2D eigenvalue weighted by atomic mass is 9.78. The monoisotopic (exact) mass is 700 g/mol. The maximum absolute atomic E-state index is 5.12. The van der Waals surface area contributed by atoms with Gasteiger partial charge in [-0.05, 0) is 96.7 Å². The third-order valence-corrected chi connectivity index (χ3v) is 10.6. The number of imidazole rings is 1. The zero-order valence-corrected chi connectivity index (χ0v) is 30.2. The molecular formula is C53H36N2. The maximum atomic E-state index is 5.12. The number of fused-ring (bicyclic) bond motifs is 2. The van der Waals surface area contributed by atoms with Gasteiger partial charge in [0.1, 0.15) is 5.82 Å². The fraction of sp³-hybridized carbons (Fsp3) is 0. The molecule has 0 bridgehead atoms. The van der Waals surface area contributed by atoms with E-state index in [-0.39, 0.29) is 0 Å². The van der Waals surface area contributed by atoms with Crippen LogP contribution in [0.3, 0.4) is 0 Å². The first-order valence-electron chi connectivity index (χ1n) is 18.8. The molecule has 55 heavy (non-hydrogen) atoms. The third-order valence-electron chi connectivity index (χ3n) is 10.6. The number of aromatic nitrogens is 2. The van der Waals surface area contributed by atoms with Crippen LogP contribution >= 0.6 is 0 Å². The predicted molar refractivity (Wildman–Crippen MR) is 231 cm³/mol. The molecule has 0 amide bonds. The van der Waals surface area contributed by atoms with Gasteiger partial charge in [-0.15, -0.1) is 0 Å². The molecule has 0 aliphatic rings. The number of para-hydroxylation sites is 3. The summed E-state index contributed by atoms with van der Waals surface area (Å²) in [5, 5.41) is 2.44. The Balaban J connectivity index is 1.22. The van der Waals surface area contributed by atoms with Gasteiger partial charge in [-0.1, -0.05) is 188 Å². The summed E-state index contributed by atoms with van der Waals surface area (Å²) < 4.78 is 2.26. The van der Waals surface area contributed by atoms with Gasteiger partial charge in [-0.25, -0.2) is 4.98 Å². The van der Waals surface area contributed by atoms with E-state index >= 15 is 0 Å². The molecule has 10 rings (SSSR count). The molecule has 0 atom stereocenters. The molecule has 0 aliphatic carbocycles. The number of hydrogen-bond acceptors (Lipinski definition) is 1. The van der Waals surface area contributed by atoms with Crippen LogP contribution in [0.25, 0.3) is 94.5 Å². The standard InChI is InChI=1S/C53H36N2/c1-6-18-38(19-7-1)49-45-35-34-43(37-30-32-42(33-31-37)53-54-47-28-16-17-29-48(47)55(53)44-26-14-5-15-27-44)36-46(45)50(39-20-8-2-9-21-39)52(41-24-12-4-13-25-41)51(49)40-22-10-3-11-23-40/h1-36H. The van der Waals surface area contributed by atoms with Crippen LogP contribution in [0, 0.1) is 0 Å². The van der Waals surface area contributed by atoms with Crippen molar-refractivity contribution in [3.63, 3.8) is 0 Å². The number of rotatable bonds is 7. The van der Waals surface area contributed by atoms with Crippen molar-refractivity contribution in [1.29, 1.82) is 0 Å². The summed E-state index contributed by atoms with van der Waals surface area (Å²) in [5.74, 6) is 0.928. The topological polar surface area (TPSA) is 17.8 Å². The van der Waals surface area contributed by atoms with Gasteiger partial charge in [0, 0.05) is 11.3 Å². The van der Waals surface area contributed by atoms with E-state index in [1.165, 1.54) is 60.8 Å². The highest BCUT2D eigenvalue weighted by molar-refractivity contribution is 6.18.